The SMILES string of the molecule is COc1ccc(Cl)c(Nc2c(N)ccc(F)c2F)c1. The zero-order valence-electron chi connectivity index (χ0n) is 10.0. The lowest BCUT2D eigenvalue weighted by Gasteiger charge is -2.13. The molecule has 0 aliphatic heterocycles. The number of hydrogen-bond acceptors (Lipinski definition) is 3. The summed E-state index contributed by atoms with van der Waals surface area (Å²) in [5.74, 6) is -1.52. The molecule has 0 radical (unpaired) electrons. The summed E-state index contributed by atoms with van der Waals surface area (Å²) in [5, 5.41) is 3.01. The lowest BCUT2D eigenvalue weighted by molar-refractivity contribution is 0.415. The van der Waals surface area contributed by atoms with Crippen molar-refractivity contribution in [2.45, 2.75) is 0 Å². The summed E-state index contributed by atoms with van der Waals surface area (Å²) in [6.45, 7) is 0. The molecule has 19 heavy (non-hydrogen) atoms. The fourth-order valence-corrected chi connectivity index (χ4v) is 1.72. The van der Waals surface area contributed by atoms with Crippen LogP contribution in [0.1, 0.15) is 0 Å². The Morgan fingerprint density at radius 1 is 1.21 bits per heavy atom. The van der Waals surface area contributed by atoms with E-state index in [0.29, 0.717) is 16.5 Å². The Kier molecular flexibility index (Phi) is 3.76. The maximum Gasteiger partial charge on any atom is 0.184 e. The number of benzene rings is 2. The van der Waals surface area contributed by atoms with Crippen molar-refractivity contribution in [3.8, 4) is 5.75 Å². The molecule has 3 nitrogen and oxygen atoms in total. The molecule has 0 atom stereocenters. The van der Waals surface area contributed by atoms with Gasteiger partial charge in [-0.15, -0.1) is 0 Å². The number of nitrogens with two attached hydrogens (primary N) is 1. The van der Waals surface area contributed by atoms with Gasteiger partial charge in [0.25, 0.3) is 0 Å². The molecule has 0 spiro atoms. The minimum atomic E-state index is -1.06. The highest BCUT2D eigenvalue weighted by Gasteiger charge is 2.13. The summed E-state index contributed by atoms with van der Waals surface area (Å²) in [6.07, 6.45) is 0. The lowest BCUT2D eigenvalue weighted by Crippen LogP contribution is -2.02. The van der Waals surface area contributed by atoms with E-state index < -0.39 is 11.6 Å². The van der Waals surface area contributed by atoms with Gasteiger partial charge in [0.05, 0.1) is 23.5 Å². The number of nitrogen functional groups attached to an aromatic ring is 1. The number of methoxy groups -OCH3 is 1. The van der Waals surface area contributed by atoms with E-state index in [4.69, 9.17) is 22.1 Å². The van der Waals surface area contributed by atoms with Crippen molar-refractivity contribution in [3.63, 3.8) is 0 Å². The molecule has 0 amide bonds. The van der Waals surface area contributed by atoms with E-state index in [0.717, 1.165) is 6.07 Å². The van der Waals surface area contributed by atoms with Crippen LogP contribution >= 0.6 is 11.6 Å². The molecule has 0 aromatic heterocycles. The zero-order valence-corrected chi connectivity index (χ0v) is 10.8. The fraction of sp³-hybridized carbons (Fsp3) is 0.0769. The third kappa shape index (κ3) is 2.71. The van der Waals surface area contributed by atoms with Gasteiger partial charge in [-0.3, -0.25) is 0 Å². The third-order valence-electron chi connectivity index (χ3n) is 2.56. The average molecular weight is 285 g/mol. The second-order valence-corrected chi connectivity index (χ2v) is 4.20. The number of rotatable bonds is 3. The van der Waals surface area contributed by atoms with Crippen LogP contribution in [0.2, 0.25) is 5.02 Å². The van der Waals surface area contributed by atoms with E-state index in [1.54, 1.807) is 18.2 Å². The number of halogens is 3. The van der Waals surface area contributed by atoms with Gasteiger partial charge >= 0.3 is 0 Å². The van der Waals surface area contributed by atoms with Crippen LogP contribution in [-0.2, 0) is 0 Å². The van der Waals surface area contributed by atoms with Crippen molar-refractivity contribution in [3.05, 3.63) is 47.0 Å². The van der Waals surface area contributed by atoms with Crippen LogP contribution in [0, 0.1) is 11.6 Å². The molecule has 0 fully saturated rings. The van der Waals surface area contributed by atoms with Crippen LogP contribution in [-0.4, -0.2) is 7.11 Å². The molecule has 0 aliphatic rings. The zero-order chi connectivity index (χ0) is 14.0. The van der Waals surface area contributed by atoms with Gasteiger partial charge in [-0.05, 0) is 24.3 Å². The minimum Gasteiger partial charge on any atom is -0.497 e. The first-order valence-electron chi connectivity index (χ1n) is 5.37. The Hall–Kier alpha value is -2.01. The molecule has 0 saturated carbocycles. The second kappa shape index (κ2) is 5.32. The first-order valence-corrected chi connectivity index (χ1v) is 5.74. The predicted octanol–water partition coefficient (Wildman–Crippen LogP) is 3.95. The Morgan fingerprint density at radius 3 is 2.63 bits per heavy atom. The average Bonchev–Trinajstić information content (AvgIpc) is 2.41. The van der Waals surface area contributed by atoms with E-state index in [1.165, 1.54) is 13.2 Å². The molecule has 2 aromatic rings. The highest BCUT2D eigenvalue weighted by Crippen LogP contribution is 2.33. The maximum absolute atomic E-state index is 13.7. The molecule has 2 rings (SSSR count). The van der Waals surface area contributed by atoms with Gasteiger partial charge in [0.2, 0.25) is 0 Å². The van der Waals surface area contributed by atoms with Gasteiger partial charge in [-0.1, -0.05) is 11.6 Å². The number of nitrogens with one attached hydrogen (secondary N) is 1. The summed E-state index contributed by atoms with van der Waals surface area (Å²) in [4.78, 5) is 0. The van der Waals surface area contributed by atoms with Crippen LogP contribution in [0.15, 0.2) is 30.3 Å². The minimum absolute atomic E-state index is 0.0813. The van der Waals surface area contributed by atoms with Crippen LogP contribution in [0.5, 0.6) is 5.75 Å². The van der Waals surface area contributed by atoms with Crippen molar-refractivity contribution in [1.82, 2.24) is 0 Å². The molecule has 6 heteroatoms. The maximum atomic E-state index is 13.7. The van der Waals surface area contributed by atoms with Gasteiger partial charge in [0, 0.05) is 6.07 Å². The van der Waals surface area contributed by atoms with E-state index in [2.05, 4.69) is 5.32 Å². The Bertz CT molecular complexity index is 620. The smallest absolute Gasteiger partial charge is 0.184 e. The molecule has 0 bridgehead atoms. The van der Waals surface area contributed by atoms with Crippen molar-refractivity contribution in [2.24, 2.45) is 0 Å². The fourth-order valence-electron chi connectivity index (χ4n) is 1.55. The monoisotopic (exact) mass is 284 g/mol. The number of ether oxygens (including phenoxy) is 1. The van der Waals surface area contributed by atoms with E-state index >= 15 is 0 Å². The van der Waals surface area contributed by atoms with Crippen molar-refractivity contribution in [2.75, 3.05) is 18.2 Å². The van der Waals surface area contributed by atoms with E-state index in [-0.39, 0.29) is 11.4 Å². The molecular formula is C13H11ClF2N2O. The molecular weight excluding hydrogens is 274 g/mol. The molecule has 0 aliphatic carbocycles. The molecule has 0 unspecified atom stereocenters. The quantitative estimate of drug-likeness (QED) is 0.839. The van der Waals surface area contributed by atoms with E-state index in [9.17, 15) is 8.78 Å². The van der Waals surface area contributed by atoms with Gasteiger partial charge in [0.15, 0.2) is 11.6 Å². The highest BCUT2D eigenvalue weighted by molar-refractivity contribution is 6.33. The molecule has 3 N–H and O–H groups in total. The van der Waals surface area contributed by atoms with Crippen LogP contribution < -0.4 is 15.8 Å². The summed E-state index contributed by atoms with van der Waals surface area (Å²) in [5.41, 5.74) is 5.91. The van der Waals surface area contributed by atoms with Gasteiger partial charge in [-0.2, -0.15) is 0 Å². The van der Waals surface area contributed by atoms with Crippen LogP contribution in [0.3, 0.4) is 0 Å². The van der Waals surface area contributed by atoms with Crippen LogP contribution in [0.25, 0.3) is 0 Å². The van der Waals surface area contributed by atoms with E-state index in [1.807, 2.05) is 0 Å². The third-order valence-corrected chi connectivity index (χ3v) is 2.89. The Morgan fingerprint density at radius 2 is 1.95 bits per heavy atom. The van der Waals surface area contributed by atoms with Crippen LogP contribution in [0.4, 0.5) is 25.8 Å². The van der Waals surface area contributed by atoms with Gasteiger partial charge in [-0.25, -0.2) is 8.78 Å². The predicted molar refractivity (Wildman–Crippen MR) is 72.1 cm³/mol. The first kappa shape index (κ1) is 13.4. The lowest BCUT2D eigenvalue weighted by atomic mass is 10.2. The van der Waals surface area contributed by atoms with Crippen molar-refractivity contribution < 1.29 is 13.5 Å². The topological polar surface area (TPSA) is 47.3 Å². The molecule has 0 saturated heterocycles. The second-order valence-electron chi connectivity index (χ2n) is 3.80. The summed E-state index contributed by atoms with van der Waals surface area (Å²) < 4.78 is 31.9. The Balaban J connectivity index is 2.44. The molecule has 2 aromatic carbocycles. The largest absolute Gasteiger partial charge is 0.497 e. The highest BCUT2D eigenvalue weighted by atomic mass is 35.5. The summed E-state index contributed by atoms with van der Waals surface area (Å²) in [6, 6.07) is 7.03. The van der Waals surface area contributed by atoms with Crippen molar-refractivity contribution >= 4 is 28.7 Å². The Labute approximate surface area is 113 Å². The summed E-state index contributed by atoms with van der Waals surface area (Å²) >= 11 is 5.97. The van der Waals surface area contributed by atoms with Crippen molar-refractivity contribution in [1.29, 1.82) is 0 Å². The normalized spacial score (nSPS) is 10.3. The van der Waals surface area contributed by atoms with Gasteiger partial charge < -0.3 is 15.8 Å². The summed E-state index contributed by atoms with van der Waals surface area (Å²) in [7, 11) is 1.49. The number of hydrogen-bond donors (Lipinski definition) is 2. The molecule has 0 heterocycles. The van der Waals surface area contributed by atoms with Gasteiger partial charge in [0.1, 0.15) is 11.4 Å². The standard InChI is InChI=1S/C13H11ClF2N2O/c1-19-7-2-3-8(14)11(6-7)18-13-10(17)5-4-9(15)12(13)16/h2-6,18H,17H2,1H3. The first-order chi connectivity index (χ1) is 9.02. The molecule has 100 valence electrons. The number of anilines is 3.